The molecule has 1 aromatic heterocycles. The normalized spacial score (nSPS) is 13.0. The molecule has 0 radical (unpaired) electrons. The number of Topliss-reactive ketones (excluding diaryl/α,β-unsaturated/α-hetero) is 1. The van der Waals surface area contributed by atoms with Crippen molar-refractivity contribution in [1.82, 2.24) is 9.88 Å². The number of nitrogens with one attached hydrogen (secondary N) is 1. The van der Waals surface area contributed by atoms with Crippen LogP contribution >= 0.6 is 11.3 Å². The van der Waals surface area contributed by atoms with Crippen LogP contribution in [-0.2, 0) is 16.1 Å². The van der Waals surface area contributed by atoms with Gasteiger partial charge in [-0.15, -0.1) is 11.3 Å². The van der Waals surface area contributed by atoms with Gasteiger partial charge < -0.3 is 10.1 Å². The fourth-order valence-electron chi connectivity index (χ4n) is 3.37. The molecule has 1 amide bonds. The number of methoxy groups -OCH3 is 1. The predicted molar refractivity (Wildman–Crippen MR) is 139 cm³/mol. The molecule has 6 nitrogen and oxygen atoms in total. The van der Waals surface area contributed by atoms with Gasteiger partial charge >= 0.3 is 0 Å². The van der Waals surface area contributed by atoms with Crippen LogP contribution in [0, 0.1) is 11.3 Å². The summed E-state index contributed by atoms with van der Waals surface area (Å²) in [6.07, 6.45) is 3.26. The van der Waals surface area contributed by atoms with Gasteiger partial charge in [-0.2, -0.15) is 0 Å². The van der Waals surface area contributed by atoms with Crippen molar-refractivity contribution in [3.8, 4) is 5.75 Å². The zero-order valence-electron chi connectivity index (χ0n) is 20.6. The second-order valence-electron chi connectivity index (χ2n) is 9.70. The summed E-state index contributed by atoms with van der Waals surface area (Å²) in [6.45, 7) is 9.85. The Morgan fingerprint density at radius 3 is 2.50 bits per heavy atom. The van der Waals surface area contributed by atoms with Gasteiger partial charge in [0.25, 0.3) is 5.56 Å². The number of fused-ring (bicyclic) bond motifs is 1. The first-order valence-electron chi connectivity index (χ1n) is 11.3. The maximum atomic E-state index is 13.4. The van der Waals surface area contributed by atoms with Gasteiger partial charge in [-0.25, -0.2) is 0 Å². The van der Waals surface area contributed by atoms with Gasteiger partial charge in [0, 0.05) is 23.6 Å². The van der Waals surface area contributed by atoms with E-state index in [1.807, 2.05) is 71.0 Å². The summed E-state index contributed by atoms with van der Waals surface area (Å²) in [5.41, 5.74) is -0.135. The van der Waals surface area contributed by atoms with Gasteiger partial charge in [0.05, 0.1) is 11.6 Å². The number of aromatic nitrogens is 1. The fourth-order valence-corrected chi connectivity index (χ4v) is 4.40. The summed E-state index contributed by atoms with van der Waals surface area (Å²) in [7, 11) is 1.59. The fraction of sp³-hybridized carbons (Fsp3) is 0.370. The zero-order valence-corrected chi connectivity index (χ0v) is 21.4. The Hall–Kier alpha value is -3.19. The lowest BCUT2D eigenvalue weighted by molar-refractivity contribution is -0.122. The van der Waals surface area contributed by atoms with Crippen LogP contribution in [-0.4, -0.2) is 29.9 Å². The molecule has 1 heterocycles. The molecular weight excluding hydrogens is 448 g/mol. The molecule has 1 N–H and O–H groups in total. The lowest BCUT2D eigenvalue weighted by Gasteiger charge is -2.13. The van der Waals surface area contributed by atoms with Crippen LogP contribution < -0.4 is 24.8 Å². The third-order valence-corrected chi connectivity index (χ3v) is 6.43. The van der Waals surface area contributed by atoms with Crippen molar-refractivity contribution in [2.75, 3.05) is 13.7 Å². The minimum absolute atomic E-state index is 0.112. The van der Waals surface area contributed by atoms with E-state index in [2.05, 4.69) is 5.32 Å². The molecule has 0 spiro atoms. The molecule has 0 aliphatic heterocycles. The highest BCUT2D eigenvalue weighted by atomic mass is 32.1. The molecule has 7 heteroatoms. The van der Waals surface area contributed by atoms with Crippen molar-refractivity contribution in [3.63, 3.8) is 0 Å². The number of benzene rings is 2. The summed E-state index contributed by atoms with van der Waals surface area (Å²) in [4.78, 5) is 38.7. The van der Waals surface area contributed by atoms with E-state index in [9.17, 15) is 14.4 Å². The third-order valence-electron chi connectivity index (χ3n) is 5.37. The number of carbonyl (C=O) groups excluding carboxylic acids is 2. The van der Waals surface area contributed by atoms with E-state index in [0.717, 1.165) is 16.3 Å². The Labute approximate surface area is 203 Å². The van der Waals surface area contributed by atoms with E-state index < -0.39 is 5.41 Å². The molecule has 0 bridgehead atoms. The van der Waals surface area contributed by atoms with Gasteiger partial charge in [-0.05, 0) is 28.8 Å². The van der Waals surface area contributed by atoms with Crippen molar-refractivity contribution in [3.05, 3.63) is 61.5 Å². The van der Waals surface area contributed by atoms with E-state index in [1.165, 1.54) is 22.0 Å². The number of carbonyl (C=O) groups is 2. The second kappa shape index (κ2) is 10.4. The number of amides is 1. The molecule has 3 rings (SSSR count). The highest BCUT2D eigenvalue weighted by Gasteiger charge is 2.20. The SMILES string of the molecule is COc1ccc2ccccc2c1C=c1sc(=CC(=O)C(C)(C)C)n(CC(=O)NCC(C)C)c1=O. The lowest BCUT2D eigenvalue weighted by Crippen LogP contribution is -2.39. The maximum Gasteiger partial charge on any atom is 0.269 e. The number of hydrogen-bond donors (Lipinski definition) is 1. The minimum atomic E-state index is -0.604. The number of hydrogen-bond acceptors (Lipinski definition) is 5. The molecule has 0 saturated heterocycles. The third kappa shape index (κ3) is 5.83. The molecule has 3 aromatic rings. The van der Waals surface area contributed by atoms with E-state index in [4.69, 9.17) is 4.74 Å². The second-order valence-corrected chi connectivity index (χ2v) is 10.8. The minimum Gasteiger partial charge on any atom is -0.496 e. The summed E-state index contributed by atoms with van der Waals surface area (Å²) < 4.78 is 7.84. The topological polar surface area (TPSA) is 77.4 Å². The highest BCUT2D eigenvalue weighted by molar-refractivity contribution is 7.07. The number of ether oxygens (including phenoxy) is 1. The summed E-state index contributed by atoms with van der Waals surface area (Å²) >= 11 is 1.20. The average molecular weight is 481 g/mol. The van der Waals surface area contributed by atoms with Gasteiger partial charge in [0.1, 0.15) is 17.0 Å². The number of rotatable bonds is 7. The largest absolute Gasteiger partial charge is 0.496 e. The van der Waals surface area contributed by atoms with Crippen molar-refractivity contribution < 1.29 is 14.3 Å². The molecule has 0 fully saturated rings. The standard InChI is InChI=1S/C27H32N2O4S/c1-17(2)15-28-24(31)16-29-25(14-23(30)27(3,4)5)34-22(26(29)32)13-20-19-10-8-7-9-18(19)11-12-21(20)33-6/h7-14,17H,15-16H2,1-6H3,(H,28,31). The van der Waals surface area contributed by atoms with Crippen LogP contribution in [0.3, 0.4) is 0 Å². The van der Waals surface area contributed by atoms with Crippen LogP contribution in [0.2, 0.25) is 0 Å². The van der Waals surface area contributed by atoms with Crippen LogP contribution in [0.4, 0.5) is 0 Å². The Morgan fingerprint density at radius 2 is 1.85 bits per heavy atom. The quantitative estimate of drug-likeness (QED) is 0.564. The first-order chi connectivity index (χ1) is 16.0. The lowest BCUT2D eigenvalue weighted by atomic mass is 9.91. The Kier molecular flexibility index (Phi) is 7.77. The van der Waals surface area contributed by atoms with Crippen molar-refractivity contribution in [1.29, 1.82) is 0 Å². The smallest absolute Gasteiger partial charge is 0.269 e. The first kappa shape index (κ1) is 25.4. The van der Waals surface area contributed by atoms with E-state index >= 15 is 0 Å². The number of nitrogens with zero attached hydrogens (tertiary/aromatic N) is 1. The van der Waals surface area contributed by atoms with Crippen molar-refractivity contribution >= 4 is 46.0 Å². The van der Waals surface area contributed by atoms with Crippen molar-refractivity contribution in [2.45, 2.75) is 41.2 Å². The van der Waals surface area contributed by atoms with Crippen LogP contribution in [0.1, 0.15) is 40.2 Å². The molecule has 2 aromatic carbocycles. The van der Waals surface area contributed by atoms with Gasteiger partial charge in [-0.3, -0.25) is 19.0 Å². The molecule has 34 heavy (non-hydrogen) atoms. The summed E-state index contributed by atoms with van der Waals surface area (Å²) in [5, 5.41) is 4.82. The van der Waals surface area contributed by atoms with Crippen molar-refractivity contribution in [2.24, 2.45) is 11.3 Å². The van der Waals surface area contributed by atoms with Crippen LogP contribution in [0.5, 0.6) is 5.75 Å². The van der Waals surface area contributed by atoms with Gasteiger partial charge in [-0.1, -0.05) is 65.0 Å². The Morgan fingerprint density at radius 1 is 1.15 bits per heavy atom. The molecule has 180 valence electrons. The molecule has 0 aliphatic rings. The van der Waals surface area contributed by atoms with Gasteiger partial charge in [0.15, 0.2) is 5.78 Å². The van der Waals surface area contributed by atoms with Crippen LogP contribution in [0.15, 0.2) is 41.2 Å². The molecule has 0 atom stereocenters. The van der Waals surface area contributed by atoms with E-state index in [0.29, 0.717) is 27.4 Å². The number of thiazole rings is 1. The highest BCUT2D eigenvalue weighted by Crippen LogP contribution is 2.28. The monoisotopic (exact) mass is 480 g/mol. The zero-order chi connectivity index (χ0) is 25.0. The Balaban J connectivity index is 2.22. The maximum absolute atomic E-state index is 13.4. The molecular formula is C27H32N2O4S. The first-order valence-corrected chi connectivity index (χ1v) is 12.1. The molecule has 0 aliphatic carbocycles. The Bertz CT molecular complexity index is 1390. The summed E-state index contributed by atoms with van der Waals surface area (Å²) in [5.74, 6) is 0.559. The predicted octanol–water partition coefficient (Wildman–Crippen LogP) is 3.07. The summed E-state index contributed by atoms with van der Waals surface area (Å²) in [6, 6.07) is 11.7. The van der Waals surface area contributed by atoms with Crippen LogP contribution in [0.25, 0.3) is 22.9 Å². The average Bonchev–Trinajstić information content (AvgIpc) is 3.06. The number of ketones is 1. The molecule has 0 saturated carbocycles. The van der Waals surface area contributed by atoms with E-state index in [1.54, 1.807) is 13.2 Å². The van der Waals surface area contributed by atoms with E-state index in [-0.39, 0.29) is 23.8 Å². The molecule has 0 unspecified atom stereocenters. The van der Waals surface area contributed by atoms with Gasteiger partial charge in [0.2, 0.25) is 5.91 Å².